The van der Waals surface area contributed by atoms with E-state index in [-0.39, 0.29) is 17.1 Å². The number of halogens is 1. The SMILES string of the molecule is O=C(NCCCCCCI)c1c(O)cccc1O. The number of carbonyl (C=O) groups is 1. The van der Waals surface area contributed by atoms with E-state index >= 15 is 0 Å². The molecule has 0 aliphatic heterocycles. The Hall–Kier alpha value is -0.980. The molecule has 1 aromatic rings. The smallest absolute Gasteiger partial charge is 0.258 e. The second kappa shape index (κ2) is 8.18. The van der Waals surface area contributed by atoms with E-state index in [1.54, 1.807) is 0 Å². The molecule has 0 saturated heterocycles. The van der Waals surface area contributed by atoms with Crippen molar-refractivity contribution < 1.29 is 15.0 Å². The molecular formula is C13H18INO3. The van der Waals surface area contributed by atoms with Crippen LogP contribution in [0.25, 0.3) is 0 Å². The number of phenols is 2. The fraction of sp³-hybridized carbons (Fsp3) is 0.462. The lowest BCUT2D eigenvalue weighted by Crippen LogP contribution is -2.24. The van der Waals surface area contributed by atoms with E-state index in [0.29, 0.717) is 6.54 Å². The number of benzene rings is 1. The van der Waals surface area contributed by atoms with Crippen molar-refractivity contribution in [1.29, 1.82) is 0 Å². The maximum absolute atomic E-state index is 11.7. The third kappa shape index (κ3) is 4.72. The van der Waals surface area contributed by atoms with Crippen LogP contribution in [0.5, 0.6) is 11.5 Å². The highest BCUT2D eigenvalue weighted by Crippen LogP contribution is 2.25. The van der Waals surface area contributed by atoms with Crippen LogP contribution in [0.15, 0.2) is 18.2 Å². The summed E-state index contributed by atoms with van der Waals surface area (Å²) in [7, 11) is 0. The van der Waals surface area contributed by atoms with Crippen LogP contribution in [0.2, 0.25) is 0 Å². The molecule has 0 radical (unpaired) electrons. The predicted octanol–water partition coefficient (Wildman–Crippen LogP) is 2.82. The lowest BCUT2D eigenvalue weighted by molar-refractivity contribution is 0.0947. The third-order valence-corrected chi connectivity index (χ3v) is 3.36. The van der Waals surface area contributed by atoms with Gasteiger partial charge < -0.3 is 15.5 Å². The van der Waals surface area contributed by atoms with Gasteiger partial charge in [0.25, 0.3) is 5.91 Å². The van der Waals surface area contributed by atoms with Gasteiger partial charge in [-0.25, -0.2) is 0 Å². The molecule has 100 valence electrons. The highest BCUT2D eigenvalue weighted by atomic mass is 127. The second-order valence-corrected chi connectivity index (χ2v) is 5.11. The summed E-state index contributed by atoms with van der Waals surface area (Å²) in [5.41, 5.74) is -0.0511. The summed E-state index contributed by atoms with van der Waals surface area (Å²) >= 11 is 2.35. The molecule has 0 atom stereocenters. The van der Waals surface area contributed by atoms with Gasteiger partial charge in [-0.15, -0.1) is 0 Å². The Kier molecular flexibility index (Phi) is 6.85. The van der Waals surface area contributed by atoms with Crippen LogP contribution in [0.4, 0.5) is 0 Å². The number of nitrogens with one attached hydrogen (secondary N) is 1. The third-order valence-electron chi connectivity index (χ3n) is 2.59. The van der Waals surface area contributed by atoms with Crippen LogP contribution >= 0.6 is 22.6 Å². The van der Waals surface area contributed by atoms with Crippen LogP contribution in [0.3, 0.4) is 0 Å². The summed E-state index contributed by atoms with van der Waals surface area (Å²) in [6.45, 7) is 0.563. The van der Waals surface area contributed by atoms with E-state index in [0.717, 1.165) is 17.3 Å². The number of rotatable bonds is 7. The molecule has 18 heavy (non-hydrogen) atoms. The number of phenolic OH excluding ortho intramolecular Hbond substituents is 2. The van der Waals surface area contributed by atoms with Crippen LogP contribution in [-0.2, 0) is 0 Å². The molecule has 0 spiro atoms. The molecule has 0 bridgehead atoms. The van der Waals surface area contributed by atoms with Crippen molar-refractivity contribution in [3.63, 3.8) is 0 Å². The van der Waals surface area contributed by atoms with Gasteiger partial charge in [-0.3, -0.25) is 4.79 Å². The van der Waals surface area contributed by atoms with Crippen molar-refractivity contribution in [2.45, 2.75) is 25.7 Å². The average Bonchev–Trinajstić information content (AvgIpc) is 2.33. The molecular weight excluding hydrogens is 345 g/mol. The van der Waals surface area contributed by atoms with Crippen molar-refractivity contribution in [2.75, 3.05) is 11.0 Å². The maximum atomic E-state index is 11.7. The number of hydrogen-bond donors (Lipinski definition) is 3. The number of unbranched alkanes of at least 4 members (excludes halogenated alkanes) is 3. The Morgan fingerprint density at radius 1 is 1.11 bits per heavy atom. The Morgan fingerprint density at radius 2 is 1.72 bits per heavy atom. The Balaban J connectivity index is 2.37. The first-order chi connectivity index (χ1) is 8.66. The molecule has 0 aliphatic carbocycles. The van der Waals surface area contributed by atoms with Gasteiger partial charge in [0, 0.05) is 6.54 Å². The van der Waals surface area contributed by atoms with Crippen LogP contribution < -0.4 is 5.32 Å². The molecule has 0 unspecified atom stereocenters. The first-order valence-corrected chi connectivity index (χ1v) is 7.54. The fourth-order valence-corrected chi connectivity index (χ4v) is 2.16. The molecule has 0 aliphatic rings. The summed E-state index contributed by atoms with van der Waals surface area (Å²) in [6.07, 6.45) is 4.36. The topological polar surface area (TPSA) is 69.6 Å². The summed E-state index contributed by atoms with van der Waals surface area (Å²) < 4.78 is 1.16. The number of carbonyl (C=O) groups excluding carboxylic acids is 1. The van der Waals surface area contributed by atoms with Crippen molar-refractivity contribution in [1.82, 2.24) is 5.32 Å². The molecule has 0 saturated carbocycles. The highest BCUT2D eigenvalue weighted by Gasteiger charge is 2.14. The van der Waals surface area contributed by atoms with Gasteiger partial charge in [0.15, 0.2) is 0 Å². The Bertz CT molecular complexity index is 376. The lowest BCUT2D eigenvalue weighted by Gasteiger charge is -2.08. The largest absolute Gasteiger partial charge is 0.507 e. The fourth-order valence-electron chi connectivity index (χ4n) is 1.62. The zero-order valence-corrected chi connectivity index (χ0v) is 12.3. The van der Waals surface area contributed by atoms with Crippen molar-refractivity contribution >= 4 is 28.5 Å². The average molecular weight is 363 g/mol. The molecule has 1 amide bonds. The summed E-state index contributed by atoms with van der Waals surface area (Å²) in [6, 6.07) is 4.26. The first-order valence-electron chi connectivity index (χ1n) is 6.02. The molecule has 0 heterocycles. The molecule has 5 heteroatoms. The zero-order valence-electron chi connectivity index (χ0n) is 10.2. The van der Waals surface area contributed by atoms with E-state index in [9.17, 15) is 15.0 Å². The Labute approximate surface area is 121 Å². The predicted molar refractivity (Wildman–Crippen MR) is 79.5 cm³/mol. The second-order valence-electron chi connectivity index (χ2n) is 4.03. The van der Waals surface area contributed by atoms with Gasteiger partial charge in [0.2, 0.25) is 0 Å². The molecule has 1 rings (SSSR count). The lowest BCUT2D eigenvalue weighted by atomic mass is 10.1. The molecule has 0 fully saturated rings. The van der Waals surface area contributed by atoms with E-state index in [1.165, 1.54) is 31.0 Å². The number of hydrogen-bond acceptors (Lipinski definition) is 3. The minimum Gasteiger partial charge on any atom is -0.507 e. The van der Waals surface area contributed by atoms with Crippen molar-refractivity contribution in [3.05, 3.63) is 23.8 Å². The normalized spacial score (nSPS) is 10.3. The van der Waals surface area contributed by atoms with Gasteiger partial charge >= 0.3 is 0 Å². The summed E-state index contributed by atoms with van der Waals surface area (Å²) in [4.78, 5) is 11.7. The van der Waals surface area contributed by atoms with Gasteiger partial charge in [0.05, 0.1) is 0 Å². The van der Waals surface area contributed by atoms with Crippen molar-refractivity contribution in [3.8, 4) is 11.5 Å². The monoisotopic (exact) mass is 363 g/mol. The minimum absolute atomic E-state index is 0.0511. The highest BCUT2D eigenvalue weighted by molar-refractivity contribution is 14.1. The zero-order chi connectivity index (χ0) is 13.4. The maximum Gasteiger partial charge on any atom is 0.258 e. The summed E-state index contributed by atoms with van der Waals surface area (Å²) in [5, 5.41) is 21.7. The van der Waals surface area contributed by atoms with Crippen LogP contribution in [0, 0.1) is 0 Å². The molecule has 0 aromatic heterocycles. The Morgan fingerprint density at radius 3 is 2.33 bits per heavy atom. The van der Waals surface area contributed by atoms with Crippen LogP contribution in [0.1, 0.15) is 36.0 Å². The standard InChI is InChI=1S/C13H18INO3/c14-8-3-1-2-4-9-15-13(18)12-10(16)6-5-7-11(12)17/h5-7,16-17H,1-4,8-9H2,(H,15,18). The van der Waals surface area contributed by atoms with Gasteiger partial charge in [-0.05, 0) is 29.4 Å². The van der Waals surface area contributed by atoms with E-state index < -0.39 is 5.91 Å². The van der Waals surface area contributed by atoms with E-state index in [2.05, 4.69) is 27.9 Å². The quantitative estimate of drug-likeness (QED) is 0.396. The number of alkyl halides is 1. The minimum atomic E-state index is -0.431. The number of amides is 1. The first kappa shape index (κ1) is 15.1. The van der Waals surface area contributed by atoms with Crippen LogP contribution in [-0.4, -0.2) is 27.1 Å². The van der Waals surface area contributed by atoms with E-state index in [1.807, 2.05) is 0 Å². The number of aromatic hydroxyl groups is 2. The van der Waals surface area contributed by atoms with Gasteiger partial charge in [0.1, 0.15) is 17.1 Å². The van der Waals surface area contributed by atoms with Gasteiger partial charge in [-0.2, -0.15) is 0 Å². The van der Waals surface area contributed by atoms with E-state index in [4.69, 9.17) is 0 Å². The molecule has 1 aromatic carbocycles. The molecule has 3 N–H and O–H groups in total. The van der Waals surface area contributed by atoms with Crippen molar-refractivity contribution in [2.24, 2.45) is 0 Å². The molecule has 4 nitrogen and oxygen atoms in total. The summed E-state index contributed by atoms with van der Waals surface area (Å²) in [5.74, 6) is -0.825. The van der Waals surface area contributed by atoms with Gasteiger partial charge in [-0.1, -0.05) is 41.5 Å².